The van der Waals surface area contributed by atoms with Gasteiger partial charge in [-0.15, -0.1) is 0 Å². The Kier molecular flexibility index (Phi) is 4.04. The number of rotatable bonds is 4. The van der Waals surface area contributed by atoms with Gasteiger partial charge in [-0.25, -0.2) is 8.42 Å². The predicted molar refractivity (Wildman–Crippen MR) is 80.3 cm³/mol. The van der Waals surface area contributed by atoms with E-state index in [2.05, 4.69) is 9.71 Å². The molecule has 2 N–H and O–H groups in total. The maximum atomic E-state index is 12.3. The summed E-state index contributed by atoms with van der Waals surface area (Å²) < 4.78 is 32.2. The van der Waals surface area contributed by atoms with Crippen molar-refractivity contribution in [2.75, 3.05) is 11.8 Å². The first-order valence-corrected chi connectivity index (χ1v) is 7.69. The molecule has 1 aromatic heterocycles. The summed E-state index contributed by atoms with van der Waals surface area (Å²) in [7, 11) is -2.43. The third kappa shape index (κ3) is 2.92. The molecule has 0 spiro atoms. The maximum absolute atomic E-state index is 12.3. The number of H-pyrrole nitrogens is 1. The number of hydrogen-bond donors (Lipinski definition) is 2. The molecular formula is C14H16N2O4S. The van der Waals surface area contributed by atoms with Crippen LogP contribution in [0, 0.1) is 13.8 Å². The summed E-state index contributed by atoms with van der Waals surface area (Å²) in [5.74, 6) is 0.608. The first-order valence-electron chi connectivity index (χ1n) is 6.21. The minimum Gasteiger partial charge on any atom is -0.496 e. The van der Waals surface area contributed by atoms with E-state index >= 15 is 0 Å². The van der Waals surface area contributed by atoms with Crippen LogP contribution < -0.4 is 14.9 Å². The summed E-state index contributed by atoms with van der Waals surface area (Å²) in [4.78, 5) is 13.9. The second-order valence-corrected chi connectivity index (χ2v) is 6.22. The topological polar surface area (TPSA) is 88.3 Å². The second-order valence-electron chi connectivity index (χ2n) is 4.57. The van der Waals surface area contributed by atoms with E-state index in [1.54, 1.807) is 19.1 Å². The minimum absolute atomic E-state index is 0.330. The zero-order chi connectivity index (χ0) is 15.6. The fourth-order valence-electron chi connectivity index (χ4n) is 2.06. The van der Waals surface area contributed by atoms with Crippen molar-refractivity contribution in [3.63, 3.8) is 0 Å². The number of anilines is 1. The summed E-state index contributed by atoms with van der Waals surface area (Å²) in [6, 6.07) is 4.55. The number of hydrogen-bond acceptors (Lipinski definition) is 4. The molecule has 0 bridgehead atoms. The van der Waals surface area contributed by atoms with Crippen LogP contribution in [-0.4, -0.2) is 20.5 Å². The Morgan fingerprint density at radius 1 is 1.19 bits per heavy atom. The Morgan fingerprint density at radius 3 is 2.52 bits per heavy atom. The molecule has 0 saturated carbocycles. The van der Waals surface area contributed by atoms with E-state index in [9.17, 15) is 13.2 Å². The number of nitrogens with one attached hydrogen (secondary N) is 2. The quantitative estimate of drug-likeness (QED) is 0.901. The third-order valence-corrected chi connectivity index (χ3v) is 4.52. The van der Waals surface area contributed by atoms with Crippen LogP contribution >= 0.6 is 0 Å². The second kappa shape index (κ2) is 5.61. The Hall–Kier alpha value is -2.28. The molecule has 0 radical (unpaired) electrons. The summed E-state index contributed by atoms with van der Waals surface area (Å²) in [5, 5.41) is 0. The van der Waals surface area contributed by atoms with Gasteiger partial charge in [0.25, 0.3) is 10.0 Å². The van der Waals surface area contributed by atoms with Gasteiger partial charge in [0.2, 0.25) is 5.43 Å². The molecule has 1 heterocycles. The van der Waals surface area contributed by atoms with Crippen LogP contribution in [-0.2, 0) is 10.0 Å². The lowest BCUT2D eigenvalue weighted by Gasteiger charge is -2.14. The zero-order valence-corrected chi connectivity index (χ0v) is 12.7. The van der Waals surface area contributed by atoms with Crippen LogP contribution in [0.25, 0.3) is 0 Å². The SMILES string of the molecule is COc1c(C)ccc(NS(=O)(=O)c2c[nH]ccc2=O)c1C. The Bertz CT molecular complexity index is 825. The van der Waals surface area contributed by atoms with Crippen LogP contribution in [0.2, 0.25) is 0 Å². The smallest absolute Gasteiger partial charge is 0.267 e. The molecule has 0 aliphatic heterocycles. The van der Waals surface area contributed by atoms with Crippen LogP contribution in [0.4, 0.5) is 5.69 Å². The molecule has 21 heavy (non-hydrogen) atoms. The summed E-state index contributed by atoms with van der Waals surface area (Å²) in [6.07, 6.45) is 2.53. The predicted octanol–water partition coefficient (Wildman–Crippen LogP) is 1.80. The van der Waals surface area contributed by atoms with E-state index < -0.39 is 15.5 Å². The lowest BCUT2D eigenvalue weighted by atomic mass is 10.1. The van der Waals surface area contributed by atoms with E-state index in [0.717, 1.165) is 17.8 Å². The molecule has 0 amide bonds. The number of aromatic nitrogens is 1. The van der Waals surface area contributed by atoms with Crippen molar-refractivity contribution in [1.82, 2.24) is 4.98 Å². The van der Waals surface area contributed by atoms with Gasteiger partial charge in [0, 0.05) is 24.0 Å². The molecule has 0 saturated heterocycles. The average Bonchev–Trinajstić information content (AvgIpc) is 2.43. The number of ether oxygens (including phenoxy) is 1. The maximum Gasteiger partial charge on any atom is 0.267 e. The summed E-state index contributed by atoms with van der Waals surface area (Å²) in [6.45, 7) is 3.62. The van der Waals surface area contributed by atoms with Crippen LogP contribution in [0.3, 0.4) is 0 Å². The lowest BCUT2D eigenvalue weighted by molar-refractivity contribution is 0.409. The highest BCUT2D eigenvalue weighted by atomic mass is 32.2. The van der Waals surface area contributed by atoms with Gasteiger partial charge < -0.3 is 9.72 Å². The largest absolute Gasteiger partial charge is 0.496 e. The van der Waals surface area contributed by atoms with Crippen molar-refractivity contribution in [3.05, 3.63) is 51.9 Å². The molecule has 2 aromatic rings. The average molecular weight is 308 g/mol. The highest BCUT2D eigenvalue weighted by Gasteiger charge is 2.19. The van der Waals surface area contributed by atoms with Crippen LogP contribution in [0.15, 0.2) is 40.3 Å². The van der Waals surface area contributed by atoms with Gasteiger partial charge >= 0.3 is 0 Å². The molecule has 6 nitrogen and oxygen atoms in total. The molecular weight excluding hydrogens is 292 g/mol. The molecule has 112 valence electrons. The van der Waals surface area contributed by atoms with Crippen molar-refractivity contribution < 1.29 is 13.2 Å². The normalized spacial score (nSPS) is 11.2. The van der Waals surface area contributed by atoms with E-state index in [4.69, 9.17) is 4.74 Å². The number of aromatic amines is 1. The molecule has 1 aromatic carbocycles. The highest BCUT2D eigenvalue weighted by molar-refractivity contribution is 7.92. The van der Waals surface area contributed by atoms with E-state index in [-0.39, 0.29) is 4.90 Å². The van der Waals surface area contributed by atoms with Gasteiger partial charge in [-0.2, -0.15) is 0 Å². The standard InChI is InChI=1S/C14H16N2O4S/c1-9-4-5-11(10(2)14(9)20-3)16-21(18,19)13-8-15-7-6-12(13)17/h4-8,16H,1-3H3,(H,15,17). The van der Waals surface area contributed by atoms with E-state index in [1.807, 2.05) is 6.92 Å². The monoisotopic (exact) mass is 308 g/mol. The lowest BCUT2D eigenvalue weighted by Crippen LogP contribution is -2.21. The Morgan fingerprint density at radius 2 is 1.90 bits per heavy atom. The molecule has 0 aliphatic carbocycles. The number of benzene rings is 1. The number of aryl methyl sites for hydroxylation is 1. The van der Waals surface area contributed by atoms with Crippen molar-refractivity contribution >= 4 is 15.7 Å². The number of methoxy groups -OCH3 is 1. The first kappa shape index (κ1) is 15.1. The minimum atomic E-state index is -3.95. The summed E-state index contributed by atoms with van der Waals surface area (Å²) >= 11 is 0. The Labute approximate surface area is 122 Å². The zero-order valence-electron chi connectivity index (χ0n) is 11.9. The number of sulfonamides is 1. The van der Waals surface area contributed by atoms with Gasteiger partial charge in [0.1, 0.15) is 5.75 Å². The Balaban J connectivity index is 2.48. The molecule has 2 rings (SSSR count). The van der Waals surface area contributed by atoms with Crippen molar-refractivity contribution in [2.24, 2.45) is 0 Å². The molecule has 7 heteroatoms. The van der Waals surface area contributed by atoms with Gasteiger partial charge in [0.15, 0.2) is 4.90 Å². The molecule has 0 fully saturated rings. The highest BCUT2D eigenvalue weighted by Crippen LogP contribution is 2.30. The van der Waals surface area contributed by atoms with Crippen molar-refractivity contribution in [1.29, 1.82) is 0 Å². The van der Waals surface area contributed by atoms with Crippen LogP contribution in [0.1, 0.15) is 11.1 Å². The van der Waals surface area contributed by atoms with Gasteiger partial charge in [-0.05, 0) is 25.5 Å². The first-order chi connectivity index (χ1) is 9.86. The van der Waals surface area contributed by atoms with E-state index in [0.29, 0.717) is 17.0 Å². The van der Waals surface area contributed by atoms with Gasteiger partial charge in [-0.3, -0.25) is 9.52 Å². The molecule has 0 aliphatic rings. The third-order valence-electron chi connectivity index (χ3n) is 3.13. The number of pyridine rings is 1. The van der Waals surface area contributed by atoms with Crippen molar-refractivity contribution in [2.45, 2.75) is 18.7 Å². The summed E-state index contributed by atoms with van der Waals surface area (Å²) in [5.41, 5.74) is 1.36. The fourth-order valence-corrected chi connectivity index (χ4v) is 3.24. The van der Waals surface area contributed by atoms with Gasteiger partial charge in [0.05, 0.1) is 12.8 Å². The van der Waals surface area contributed by atoms with Crippen LogP contribution in [0.5, 0.6) is 5.75 Å². The molecule has 0 unspecified atom stereocenters. The van der Waals surface area contributed by atoms with Crippen molar-refractivity contribution in [3.8, 4) is 5.75 Å². The van der Waals surface area contributed by atoms with Gasteiger partial charge in [-0.1, -0.05) is 6.07 Å². The molecule has 0 atom stereocenters. The van der Waals surface area contributed by atoms with E-state index in [1.165, 1.54) is 13.3 Å². The fraction of sp³-hybridized carbons (Fsp3) is 0.214.